The van der Waals surface area contributed by atoms with E-state index in [0.29, 0.717) is 6.42 Å². The minimum absolute atomic E-state index is 0.0474. The zero-order chi connectivity index (χ0) is 10.6. The number of halogens is 1. The first-order valence-electron chi connectivity index (χ1n) is 4.10. The molecule has 0 spiro atoms. The van der Waals surface area contributed by atoms with Crippen LogP contribution in [0.1, 0.15) is 12.0 Å². The molecule has 74 valence electrons. The summed E-state index contributed by atoms with van der Waals surface area (Å²) >= 11 is 3.30. The van der Waals surface area contributed by atoms with Crippen molar-refractivity contribution in [3.63, 3.8) is 0 Å². The molecule has 0 saturated heterocycles. The minimum atomic E-state index is -1.36. The van der Waals surface area contributed by atoms with E-state index in [4.69, 9.17) is 5.11 Å². The summed E-state index contributed by atoms with van der Waals surface area (Å²) in [6.45, 7) is 0. The van der Waals surface area contributed by atoms with E-state index in [1.807, 2.05) is 24.3 Å². The topological polar surface area (TPSA) is 54.4 Å². The Morgan fingerprint density at radius 1 is 1.36 bits per heavy atom. The van der Waals surface area contributed by atoms with Crippen molar-refractivity contribution in [3.05, 3.63) is 34.3 Å². The maximum Gasteiger partial charge on any atom is 0.372 e. The smallest absolute Gasteiger partial charge is 0.372 e. The molecule has 0 aliphatic rings. The van der Waals surface area contributed by atoms with Gasteiger partial charge in [0.2, 0.25) is 5.78 Å². The first kappa shape index (κ1) is 10.9. The van der Waals surface area contributed by atoms with Crippen molar-refractivity contribution in [2.24, 2.45) is 0 Å². The SMILES string of the molecule is O=C(O)C(=O)CCc1cccc(Br)c1. The van der Waals surface area contributed by atoms with E-state index in [0.717, 1.165) is 10.0 Å². The highest BCUT2D eigenvalue weighted by Crippen LogP contribution is 2.12. The van der Waals surface area contributed by atoms with Gasteiger partial charge in [-0.2, -0.15) is 0 Å². The molecule has 0 unspecified atom stereocenters. The van der Waals surface area contributed by atoms with Gasteiger partial charge in [-0.05, 0) is 24.1 Å². The zero-order valence-electron chi connectivity index (χ0n) is 7.37. The van der Waals surface area contributed by atoms with Gasteiger partial charge >= 0.3 is 5.97 Å². The van der Waals surface area contributed by atoms with Gasteiger partial charge in [0.05, 0.1) is 0 Å². The fraction of sp³-hybridized carbons (Fsp3) is 0.200. The number of carbonyl (C=O) groups excluding carboxylic acids is 1. The molecule has 0 radical (unpaired) electrons. The van der Waals surface area contributed by atoms with Gasteiger partial charge in [-0.25, -0.2) is 4.79 Å². The molecular formula is C10H9BrO3. The second kappa shape index (κ2) is 4.91. The molecule has 0 atom stereocenters. The molecule has 14 heavy (non-hydrogen) atoms. The molecule has 0 heterocycles. The van der Waals surface area contributed by atoms with E-state index < -0.39 is 11.8 Å². The number of hydrogen-bond donors (Lipinski definition) is 1. The van der Waals surface area contributed by atoms with Gasteiger partial charge in [-0.3, -0.25) is 4.79 Å². The fourth-order valence-corrected chi connectivity index (χ4v) is 1.50. The Morgan fingerprint density at radius 3 is 2.64 bits per heavy atom. The van der Waals surface area contributed by atoms with Crippen molar-refractivity contribution >= 4 is 27.7 Å². The minimum Gasteiger partial charge on any atom is -0.476 e. The Morgan fingerprint density at radius 2 is 2.07 bits per heavy atom. The van der Waals surface area contributed by atoms with Crippen LogP contribution in [0.4, 0.5) is 0 Å². The van der Waals surface area contributed by atoms with Crippen LogP contribution in [0.25, 0.3) is 0 Å². The molecule has 0 aliphatic heterocycles. The molecule has 0 amide bonds. The highest BCUT2D eigenvalue weighted by atomic mass is 79.9. The second-order valence-corrected chi connectivity index (χ2v) is 3.77. The maximum absolute atomic E-state index is 10.8. The van der Waals surface area contributed by atoms with Gasteiger partial charge in [-0.1, -0.05) is 28.1 Å². The predicted octanol–water partition coefficient (Wildman–Crippen LogP) is 2.04. The second-order valence-electron chi connectivity index (χ2n) is 2.86. The van der Waals surface area contributed by atoms with Crippen molar-refractivity contribution in [2.45, 2.75) is 12.8 Å². The number of carboxylic acid groups (broad SMARTS) is 1. The van der Waals surface area contributed by atoms with Crippen molar-refractivity contribution < 1.29 is 14.7 Å². The van der Waals surface area contributed by atoms with Crippen molar-refractivity contribution in [3.8, 4) is 0 Å². The summed E-state index contributed by atoms with van der Waals surface area (Å²) in [5.41, 5.74) is 0.953. The first-order chi connectivity index (χ1) is 6.59. The van der Waals surface area contributed by atoms with Gasteiger partial charge in [0.15, 0.2) is 0 Å². The molecule has 0 aliphatic carbocycles. The van der Waals surface area contributed by atoms with Gasteiger partial charge in [0, 0.05) is 10.9 Å². The molecule has 0 bridgehead atoms. The third-order valence-electron chi connectivity index (χ3n) is 1.77. The third kappa shape index (κ3) is 3.30. The number of carbonyl (C=O) groups is 2. The molecular weight excluding hydrogens is 248 g/mol. The van der Waals surface area contributed by atoms with E-state index in [1.165, 1.54) is 0 Å². The third-order valence-corrected chi connectivity index (χ3v) is 2.26. The van der Waals surface area contributed by atoms with Crippen LogP contribution >= 0.6 is 15.9 Å². The van der Waals surface area contributed by atoms with E-state index in [1.54, 1.807) is 0 Å². The summed E-state index contributed by atoms with van der Waals surface area (Å²) in [4.78, 5) is 21.0. The predicted molar refractivity (Wildman–Crippen MR) is 55.1 cm³/mol. The van der Waals surface area contributed by atoms with Crippen LogP contribution in [-0.2, 0) is 16.0 Å². The van der Waals surface area contributed by atoms with Crippen molar-refractivity contribution in [2.75, 3.05) is 0 Å². The quantitative estimate of drug-likeness (QED) is 0.839. The molecule has 1 rings (SSSR count). The van der Waals surface area contributed by atoms with Crippen LogP contribution in [0, 0.1) is 0 Å². The Labute approximate surface area is 89.9 Å². The van der Waals surface area contributed by atoms with E-state index >= 15 is 0 Å². The Balaban J connectivity index is 2.54. The van der Waals surface area contributed by atoms with Gasteiger partial charge in [0.25, 0.3) is 0 Å². The molecule has 0 saturated carbocycles. The average Bonchev–Trinajstić information content (AvgIpc) is 2.14. The standard InChI is InChI=1S/C10H9BrO3/c11-8-3-1-2-7(6-8)4-5-9(12)10(13)14/h1-3,6H,4-5H2,(H,13,14). The first-order valence-corrected chi connectivity index (χ1v) is 4.89. The van der Waals surface area contributed by atoms with Crippen LogP contribution in [0.15, 0.2) is 28.7 Å². The number of carboxylic acids is 1. The van der Waals surface area contributed by atoms with Gasteiger partial charge in [0.1, 0.15) is 0 Å². The zero-order valence-corrected chi connectivity index (χ0v) is 8.95. The largest absolute Gasteiger partial charge is 0.476 e. The normalized spacial score (nSPS) is 9.79. The molecule has 1 aromatic carbocycles. The number of ketones is 1. The fourth-order valence-electron chi connectivity index (χ4n) is 1.06. The van der Waals surface area contributed by atoms with Crippen LogP contribution in [0.3, 0.4) is 0 Å². The van der Waals surface area contributed by atoms with Crippen molar-refractivity contribution in [1.82, 2.24) is 0 Å². The van der Waals surface area contributed by atoms with Gasteiger partial charge < -0.3 is 5.11 Å². The molecule has 1 aromatic rings. The highest BCUT2D eigenvalue weighted by Gasteiger charge is 2.10. The molecule has 3 nitrogen and oxygen atoms in total. The van der Waals surface area contributed by atoms with E-state index in [-0.39, 0.29) is 6.42 Å². The molecule has 0 fully saturated rings. The molecule has 0 aromatic heterocycles. The van der Waals surface area contributed by atoms with Crippen molar-refractivity contribution in [1.29, 1.82) is 0 Å². The van der Waals surface area contributed by atoms with Gasteiger partial charge in [-0.15, -0.1) is 0 Å². The van der Waals surface area contributed by atoms with Crippen LogP contribution in [0.5, 0.6) is 0 Å². The summed E-state index contributed by atoms with van der Waals surface area (Å²) in [5, 5.41) is 8.36. The lowest BCUT2D eigenvalue weighted by molar-refractivity contribution is -0.149. The monoisotopic (exact) mass is 256 g/mol. The summed E-state index contributed by atoms with van der Waals surface area (Å²) in [6.07, 6.45) is 0.510. The number of aryl methyl sites for hydroxylation is 1. The summed E-state index contributed by atoms with van der Waals surface area (Å²) in [5.74, 6) is -2.11. The summed E-state index contributed by atoms with van der Waals surface area (Å²) in [6, 6.07) is 7.46. The Bertz CT molecular complexity index is 360. The highest BCUT2D eigenvalue weighted by molar-refractivity contribution is 9.10. The molecule has 1 N–H and O–H groups in total. The number of benzene rings is 1. The summed E-state index contributed by atoms with van der Waals surface area (Å²) in [7, 11) is 0. The Hall–Kier alpha value is -1.16. The lowest BCUT2D eigenvalue weighted by atomic mass is 10.1. The van der Waals surface area contributed by atoms with Crippen LogP contribution in [0.2, 0.25) is 0 Å². The number of aliphatic carboxylic acids is 1. The molecule has 4 heteroatoms. The average molecular weight is 257 g/mol. The lowest BCUT2D eigenvalue weighted by Gasteiger charge is -1.99. The maximum atomic E-state index is 10.8. The number of hydrogen-bond acceptors (Lipinski definition) is 2. The summed E-state index contributed by atoms with van der Waals surface area (Å²) < 4.78 is 0.928. The Kier molecular flexibility index (Phi) is 3.83. The van der Waals surface area contributed by atoms with Crippen LogP contribution < -0.4 is 0 Å². The lowest BCUT2D eigenvalue weighted by Crippen LogP contribution is -2.12. The van der Waals surface area contributed by atoms with E-state index in [2.05, 4.69) is 15.9 Å². The number of rotatable bonds is 4. The van der Waals surface area contributed by atoms with Crippen LogP contribution in [-0.4, -0.2) is 16.9 Å². The van der Waals surface area contributed by atoms with E-state index in [9.17, 15) is 9.59 Å². The number of Topliss-reactive ketones (excluding diaryl/α,β-unsaturated/α-hetero) is 1.